The molecule has 39 heavy (non-hydrogen) atoms. The number of aryl methyl sites for hydroxylation is 1. The molecule has 1 heterocycles. The molecule has 4 rings (SSSR count). The Morgan fingerprint density at radius 1 is 1.03 bits per heavy atom. The first-order valence-electron chi connectivity index (χ1n) is 12.5. The highest BCUT2D eigenvalue weighted by Gasteiger charge is 2.36. The highest BCUT2D eigenvalue weighted by atomic mass is 19.1. The summed E-state index contributed by atoms with van der Waals surface area (Å²) in [7, 11) is 1.28. The van der Waals surface area contributed by atoms with E-state index in [2.05, 4.69) is 15.4 Å². The van der Waals surface area contributed by atoms with Crippen LogP contribution in [0.15, 0.2) is 66.7 Å². The number of urea groups is 1. The van der Waals surface area contributed by atoms with Gasteiger partial charge >= 0.3 is 12.0 Å². The number of carbonyl (C=O) groups is 3. The van der Waals surface area contributed by atoms with E-state index in [-0.39, 0.29) is 23.8 Å². The topological polar surface area (TPSA) is 97.0 Å². The van der Waals surface area contributed by atoms with Crippen LogP contribution in [0.1, 0.15) is 34.3 Å². The Morgan fingerprint density at radius 3 is 2.44 bits per heavy atom. The minimum atomic E-state index is -1.73. The van der Waals surface area contributed by atoms with Crippen LogP contribution in [-0.4, -0.2) is 48.9 Å². The van der Waals surface area contributed by atoms with Crippen molar-refractivity contribution in [2.45, 2.75) is 38.6 Å². The predicted octanol–water partition coefficient (Wildman–Crippen LogP) is 5.47. The van der Waals surface area contributed by atoms with Gasteiger partial charge in [0.05, 0.1) is 30.8 Å². The van der Waals surface area contributed by atoms with Gasteiger partial charge in [-0.3, -0.25) is 4.79 Å². The SMILES string of the molecule is COC(=O)c1ccc(OC(F)[C@@H]2CCCN2C(=O)Cc2ccc(NC(=O)Nc3ccccc3F)c(C)c2)cc1. The van der Waals surface area contributed by atoms with E-state index >= 15 is 4.39 Å². The molecule has 8 nitrogen and oxygen atoms in total. The van der Waals surface area contributed by atoms with Gasteiger partial charge in [0.15, 0.2) is 0 Å². The molecule has 3 aromatic carbocycles. The Bertz CT molecular complexity index is 1350. The fourth-order valence-corrected chi connectivity index (χ4v) is 4.46. The predicted molar refractivity (Wildman–Crippen MR) is 142 cm³/mol. The van der Waals surface area contributed by atoms with Gasteiger partial charge in [0, 0.05) is 12.2 Å². The lowest BCUT2D eigenvalue weighted by atomic mass is 10.1. The van der Waals surface area contributed by atoms with Crippen LogP contribution in [0.2, 0.25) is 0 Å². The van der Waals surface area contributed by atoms with Crippen molar-refractivity contribution in [3.05, 3.63) is 89.2 Å². The van der Waals surface area contributed by atoms with E-state index in [0.29, 0.717) is 41.8 Å². The minimum Gasteiger partial charge on any atom is -0.465 e. The second kappa shape index (κ2) is 12.4. The molecule has 0 saturated carbocycles. The third-order valence-corrected chi connectivity index (χ3v) is 6.46. The number of anilines is 2. The number of amides is 3. The summed E-state index contributed by atoms with van der Waals surface area (Å²) >= 11 is 0. The van der Waals surface area contributed by atoms with Gasteiger partial charge in [-0.1, -0.05) is 24.3 Å². The molecular formula is C29H29F2N3O5. The fraction of sp³-hybridized carbons (Fsp3) is 0.276. The molecule has 2 atom stereocenters. The van der Waals surface area contributed by atoms with E-state index in [1.54, 1.807) is 31.2 Å². The summed E-state index contributed by atoms with van der Waals surface area (Å²) in [5, 5.41) is 5.13. The number of nitrogens with zero attached hydrogens (tertiary/aromatic N) is 1. The van der Waals surface area contributed by atoms with Crippen LogP contribution in [0.3, 0.4) is 0 Å². The number of alkyl halides is 1. The molecule has 1 unspecified atom stereocenters. The minimum absolute atomic E-state index is 0.0551. The molecule has 0 radical (unpaired) electrons. The second-order valence-corrected chi connectivity index (χ2v) is 9.17. The number of hydrogen-bond donors (Lipinski definition) is 2. The van der Waals surface area contributed by atoms with E-state index in [0.717, 1.165) is 0 Å². The molecule has 0 aromatic heterocycles. The summed E-state index contributed by atoms with van der Waals surface area (Å²) in [6.07, 6.45) is -0.562. The number of ether oxygens (including phenoxy) is 2. The van der Waals surface area contributed by atoms with Gasteiger partial charge < -0.3 is 25.0 Å². The van der Waals surface area contributed by atoms with Crippen molar-refractivity contribution < 1.29 is 32.6 Å². The smallest absolute Gasteiger partial charge is 0.337 e. The normalized spacial score (nSPS) is 15.4. The quantitative estimate of drug-likeness (QED) is 0.372. The maximum Gasteiger partial charge on any atom is 0.337 e. The molecule has 0 bridgehead atoms. The van der Waals surface area contributed by atoms with Crippen LogP contribution in [0.25, 0.3) is 0 Å². The first-order valence-corrected chi connectivity index (χ1v) is 12.5. The summed E-state index contributed by atoms with van der Waals surface area (Å²) < 4.78 is 39.0. The summed E-state index contributed by atoms with van der Waals surface area (Å²) in [5.74, 6) is -1.04. The maximum atomic E-state index is 15.1. The Kier molecular flexibility index (Phi) is 8.75. The number of likely N-dealkylation sites (tertiary alicyclic amines) is 1. The monoisotopic (exact) mass is 537 g/mol. The Labute approximate surface area is 224 Å². The van der Waals surface area contributed by atoms with Crippen molar-refractivity contribution in [3.63, 3.8) is 0 Å². The van der Waals surface area contributed by atoms with Crippen molar-refractivity contribution in [1.82, 2.24) is 4.90 Å². The Hall–Kier alpha value is -4.47. The molecule has 0 spiro atoms. The molecule has 1 fully saturated rings. The third kappa shape index (κ3) is 6.90. The van der Waals surface area contributed by atoms with Crippen LogP contribution in [0.4, 0.5) is 25.0 Å². The largest absolute Gasteiger partial charge is 0.465 e. The Morgan fingerprint density at radius 2 is 1.74 bits per heavy atom. The van der Waals surface area contributed by atoms with Crippen LogP contribution in [-0.2, 0) is 16.0 Å². The van der Waals surface area contributed by atoms with Crippen LogP contribution < -0.4 is 15.4 Å². The van der Waals surface area contributed by atoms with E-state index in [1.807, 2.05) is 0 Å². The first kappa shape index (κ1) is 27.6. The molecule has 3 amide bonds. The summed E-state index contributed by atoms with van der Waals surface area (Å²) in [4.78, 5) is 38.4. The summed E-state index contributed by atoms with van der Waals surface area (Å²) in [5.41, 5.74) is 2.31. The summed E-state index contributed by atoms with van der Waals surface area (Å²) in [6, 6.07) is 15.6. The molecule has 2 N–H and O–H groups in total. The van der Waals surface area contributed by atoms with Crippen LogP contribution in [0.5, 0.6) is 5.75 Å². The molecule has 10 heteroatoms. The standard InChI is InChI=1S/C29H29F2N3O5/c1-18-16-19(9-14-23(18)32-29(37)33-24-7-4-3-6-22(24)30)17-26(35)34-15-5-8-25(34)27(31)39-21-12-10-20(11-13-21)28(36)38-2/h3-4,6-7,9-14,16,25,27H,5,8,15,17H2,1-2H3,(H2,32,33,37)/t25-,27?/m0/s1. The average molecular weight is 538 g/mol. The zero-order valence-electron chi connectivity index (χ0n) is 21.6. The van der Waals surface area contributed by atoms with Crippen molar-refractivity contribution >= 4 is 29.3 Å². The number of para-hydroxylation sites is 1. The zero-order chi connectivity index (χ0) is 27.9. The zero-order valence-corrected chi connectivity index (χ0v) is 21.6. The molecule has 0 aliphatic carbocycles. The van der Waals surface area contributed by atoms with Gasteiger partial charge in [0.1, 0.15) is 11.6 Å². The third-order valence-electron chi connectivity index (χ3n) is 6.46. The summed E-state index contributed by atoms with van der Waals surface area (Å²) in [6.45, 7) is 2.20. The van der Waals surface area contributed by atoms with Crippen molar-refractivity contribution in [1.29, 1.82) is 0 Å². The van der Waals surface area contributed by atoms with E-state index in [1.165, 1.54) is 54.5 Å². The number of halogens is 2. The van der Waals surface area contributed by atoms with Crippen molar-refractivity contribution in [2.24, 2.45) is 0 Å². The average Bonchev–Trinajstić information content (AvgIpc) is 3.42. The van der Waals surface area contributed by atoms with Gasteiger partial charge in [-0.25, -0.2) is 14.0 Å². The van der Waals surface area contributed by atoms with Crippen LogP contribution >= 0.6 is 0 Å². The molecule has 1 aliphatic rings. The number of benzene rings is 3. The van der Waals surface area contributed by atoms with Gasteiger partial charge in [0.25, 0.3) is 6.36 Å². The van der Waals surface area contributed by atoms with E-state index in [9.17, 15) is 18.8 Å². The number of carbonyl (C=O) groups excluding carboxylic acids is 3. The molecule has 1 aliphatic heterocycles. The first-order chi connectivity index (χ1) is 18.7. The fourth-order valence-electron chi connectivity index (χ4n) is 4.46. The number of hydrogen-bond acceptors (Lipinski definition) is 5. The van der Waals surface area contributed by atoms with E-state index in [4.69, 9.17) is 4.74 Å². The van der Waals surface area contributed by atoms with Gasteiger partial charge in [-0.05, 0) is 73.4 Å². The molecule has 1 saturated heterocycles. The number of rotatable bonds is 8. The van der Waals surface area contributed by atoms with E-state index < -0.39 is 30.2 Å². The van der Waals surface area contributed by atoms with Gasteiger partial charge in [-0.15, -0.1) is 0 Å². The maximum absolute atomic E-state index is 15.1. The van der Waals surface area contributed by atoms with Gasteiger partial charge in [0.2, 0.25) is 5.91 Å². The van der Waals surface area contributed by atoms with Crippen LogP contribution in [0, 0.1) is 12.7 Å². The van der Waals surface area contributed by atoms with Crippen molar-refractivity contribution in [3.8, 4) is 5.75 Å². The lowest BCUT2D eigenvalue weighted by Crippen LogP contribution is -2.44. The molecular weight excluding hydrogens is 508 g/mol. The lowest BCUT2D eigenvalue weighted by Gasteiger charge is -2.27. The Balaban J connectivity index is 1.34. The number of methoxy groups -OCH3 is 1. The van der Waals surface area contributed by atoms with Gasteiger partial charge in [-0.2, -0.15) is 4.39 Å². The second-order valence-electron chi connectivity index (χ2n) is 9.17. The highest BCUT2D eigenvalue weighted by molar-refractivity contribution is 6.00. The number of esters is 1. The molecule has 204 valence electrons. The number of nitrogens with one attached hydrogen (secondary N) is 2. The highest BCUT2D eigenvalue weighted by Crippen LogP contribution is 2.27. The van der Waals surface area contributed by atoms with Crippen molar-refractivity contribution in [2.75, 3.05) is 24.3 Å². The lowest BCUT2D eigenvalue weighted by molar-refractivity contribution is -0.135. The molecule has 3 aromatic rings.